The molecule has 2 aromatic rings. The summed E-state index contributed by atoms with van der Waals surface area (Å²) in [7, 11) is 4.05. The maximum Gasteiger partial charge on any atom is 0.276 e. The molecule has 0 aliphatic carbocycles. The van der Waals surface area contributed by atoms with E-state index in [4.69, 9.17) is 4.52 Å². The van der Waals surface area contributed by atoms with Crippen molar-refractivity contribution in [3.05, 3.63) is 41.0 Å². The number of hydrogen-bond donors (Lipinski definition) is 0. The van der Waals surface area contributed by atoms with Crippen molar-refractivity contribution in [2.45, 2.75) is 32.6 Å². The summed E-state index contributed by atoms with van der Waals surface area (Å²) in [5, 5.41) is 3.89. The summed E-state index contributed by atoms with van der Waals surface area (Å²) < 4.78 is 5.15. The third-order valence-electron chi connectivity index (χ3n) is 4.49. The van der Waals surface area contributed by atoms with E-state index in [0.29, 0.717) is 12.2 Å². The number of pyridine rings is 1. The average Bonchev–Trinajstić information content (AvgIpc) is 3.23. The number of hydrogen-bond acceptors (Lipinski definition) is 5. The number of carbonyl (C=O) groups is 1. The lowest BCUT2D eigenvalue weighted by Crippen LogP contribution is -2.28. The Morgan fingerprint density at radius 1 is 1.38 bits per heavy atom. The highest BCUT2D eigenvalue weighted by atomic mass is 16.5. The van der Waals surface area contributed by atoms with Crippen LogP contribution in [0.15, 0.2) is 22.7 Å². The van der Waals surface area contributed by atoms with Gasteiger partial charge in [0.1, 0.15) is 5.76 Å². The largest absolute Gasteiger partial charge is 0.378 e. The average molecular weight is 328 g/mol. The van der Waals surface area contributed by atoms with Gasteiger partial charge >= 0.3 is 0 Å². The highest BCUT2D eigenvalue weighted by Crippen LogP contribution is 2.29. The smallest absolute Gasteiger partial charge is 0.276 e. The molecule has 128 valence electrons. The summed E-state index contributed by atoms with van der Waals surface area (Å²) in [6.45, 7) is 5.39. The Hall–Kier alpha value is -2.37. The maximum absolute atomic E-state index is 12.6. The zero-order valence-electron chi connectivity index (χ0n) is 14.7. The van der Waals surface area contributed by atoms with Crippen LogP contribution in [0.2, 0.25) is 0 Å². The van der Waals surface area contributed by atoms with Crippen LogP contribution in [0.25, 0.3) is 0 Å². The Balaban J connectivity index is 1.74. The lowest BCUT2D eigenvalue weighted by atomic mass is 10.0. The number of amides is 1. The molecule has 0 N–H and O–H groups in total. The van der Waals surface area contributed by atoms with Crippen molar-refractivity contribution in [1.82, 2.24) is 15.0 Å². The molecule has 1 aliphatic rings. The van der Waals surface area contributed by atoms with E-state index in [-0.39, 0.29) is 11.8 Å². The van der Waals surface area contributed by atoms with Crippen molar-refractivity contribution in [3.8, 4) is 0 Å². The Morgan fingerprint density at radius 3 is 2.83 bits per heavy atom. The fourth-order valence-electron chi connectivity index (χ4n) is 3.07. The van der Waals surface area contributed by atoms with E-state index in [1.54, 1.807) is 6.07 Å². The highest BCUT2D eigenvalue weighted by molar-refractivity contribution is 5.92. The molecule has 2 aromatic heterocycles. The van der Waals surface area contributed by atoms with E-state index in [1.165, 1.54) is 0 Å². The molecule has 3 rings (SSSR count). The van der Waals surface area contributed by atoms with Gasteiger partial charge in [0.05, 0.1) is 0 Å². The van der Waals surface area contributed by atoms with Crippen LogP contribution in [-0.2, 0) is 6.42 Å². The van der Waals surface area contributed by atoms with E-state index >= 15 is 0 Å². The summed E-state index contributed by atoms with van der Waals surface area (Å²) in [6, 6.07) is 5.94. The van der Waals surface area contributed by atoms with Gasteiger partial charge in [-0.05, 0) is 25.5 Å². The van der Waals surface area contributed by atoms with Crippen LogP contribution in [0.1, 0.15) is 46.9 Å². The molecule has 6 nitrogen and oxygen atoms in total. The first-order valence-electron chi connectivity index (χ1n) is 8.38. The number of likely N-dealkylation sites (tertiary alicyclic amines) is 1. The Morgan fingerprint density at radius 2 is 2.17 bits per heavy atom. The number of carbonyl (C=O) groups excluding carboxylic acids is 1. The predicted octanol–water partition coefficient (Wildman–Crippen LogP) is 2.64. The summed E-state index contributed by atoms with van der Waals surface area (Å²) in [5.74, 6) is 0.955. The molecule has 0 unspecified atom stereocenters. The molecular weight excluding hydrogens is 304 g/mol. The third-order valence-corrected chi connectivity index (χ3v) is 4.49. The third kappa shape index (κ3) is 3.27. The quantitative estimate of drug-likeness (QED) is 0.863. The van der Waals surface area contributed by atoms with E-state index in [2.05, 4.69) is 27.2 Å². The predicted molar refractivity (Wildman–Crippen MR) is 92.4 cm³/mol. The van der Waals surface area contributed by atoms with Crippen molar-refractivity contribution >= 4 is 11.6 Å². The number of anilines is 1. The summed E-state index contributed by atoms with van der Waals surface area (Å²) in [4.78, 5) is 21.2. The zero-order chi connectivity index (χ0) is 17.3. The number of nitrogens with zero attached hydrogens (tertiary/aromatic N) is 4. The van der Waals surface area contributed by atoms with Gasteiger partial charge in [-0.15, -0.1) is 0 Å². The van der Waals surface area contributed by atoms with Crippen molar-refractivity contribution in [3.63, 3.8) is 0 Å². The van der Waals surface area contributed by atoms with Crippen molar-refractivity contribution in [1.29, 1.82) is 0 Å². The lowest BCUT2D eigenvalue weighted by Gasteiger charge is -2.18. The highest BCUT2D eigenvalue weighted by Gasteiger charge is 2.30. The minimum Gasteiger partial charge on any atom is -0.378 e. The van der Waals surface area contributed by atoms with Gasteiger partial charge < -0.3 is 14.3 Å². The minimum absolute atomic E-state index is 0.0542. The molecule has 1 atom stereocenters. The Kier molecular flexibility index (Phi) is 4.55. The van der Waals surface area contributed by atoms with Crippen LogP contribution in [-0.4, -0.2) is 48.1 Å². The van der Waals surface area contributed by atoms with E-state index < -0.39 is 0 Å². The lowest BCUT2D eigenvalue weighted by molar-refractivity contribution is 0.0780. The Bertz CT molecular complexity index is 738. The molecule has 0 radical (unpaired) electrons. The minimum atomic E-state index is -0.0542. The van der Waals surface area contributed by atoms with Gasteiger partial charge in [0.15, 0.2) is 5.69 Å². The standard InChI is InChI=1S/C18H24N4O2/c1-5-15-10-17(20-24-15)18(23)22-7-6-13(11-22)16-9-14(21(3)4)8-12(2)19-16/h8-10,13H,5-7,11H2,1-4H3/t13-/m1/s1. The number of aryl methyl sites for hydroxylation is 2. The fraction of sp³-hybridized carbons (Fsp3) is 0.500. The zero-order valence-corrected chi connectivity index (χ0v) is 14.7. The maximum atomic E-state index is 12.6. The van der Waals surface area contributed by atoms with E-state index in [1.807, 2.05) is 32.8 Å². The number of rotatable bonds is 4. The first-order chi connectivity index (χ1) is 11.5. The molecule has 1 amide bonds. The molecule has 1 saturated heterocycles. The SMILES string of the molecule is CCc1cc(C(=O)N2CC[C@@H](c3cc(N(C)C)cc(C)n3)C2)no1. The van der Waals surface area contributed by atoms with Gasteiger partial charge in [-0.1, -0.05) is 12.1 Å². The molecule has 24 heavy (non-hydrogen) atoms. The van der Waals surface area contributed by atoms with Crippen LogP contribution in [0.4, 0.5) is 5.69 Å². The fourth-order valence-corrected chi connectivity index (χ4v) is 3.07. The second-order valence-corrected chi connectivity index (χ2v) is 6.55. The molecule has 1 aliphatic heterocycles. The molecule has 1 fully saturated rings. The monoisotopic (exact) mass is 328 g/mol. The Labute approximate surface area is 142 Å². The molecule has 0 saturated carbocycles. The van der Waals surface area contributed by atoms with Crippen LogP contribution in [0, 0.1) is 6.92 Å². The van der Waals surface area contributed by atoms with Crippen LogP contribution in [0.3, 0.4) is 0 Å². The normalized spacial score (nSPS) is 17.3. The van der Waals surface area contributed by atoms with E-state index in [9.17, 15) is 4.79 Å². The van der Waals surface area contributed by atoms with Crippen molar-refractivity contribution in [2.75, 3.05) is 32.1 Å². The van der Waals surface area contributed by atoms with Gasteiger partial charge in [0, 0.05) is 62.7 Å². The second kappa shape index (κ2) is 6.63. The van der Waals surface area contributed by atoms with Gasteiger partial charge in [-0.25, -0.2) is 0 Å². The molecular formula is C18H24N4O2. The molecule has 0 spiro atoms. The first-order valence-corrected chi connectivity index (χ1v) is 8.38. The van der Waals surface area contributed by atoms with Gasteiger partial charge in [-0.3, -0.25) is 9.78 Å². The summed E-state index contributed by atoms with van der Waals surface area (Å²) >= 11 is 0. The van der Waals surface area contributed by atoms with Crippen molar-refractivity contribution < 1.29 is 9.32 Å². The molecule has 3 heterocycles. The van der Waals surface area contributed by atoms with Crippen molar-refractivity contribution in [2.24, 2.45) is 0 Å². The van der Waals surface area contributed by atoms with E-state index in [0.717, 1.165) is 42.2 Å². The van der Waals surface area contributed by atoms with Crippen LogP contribution < -0.4 is 4.90 Å². The van der Waals surface area contributed by atoms with Gasteiger partial charge in [0.2, 0.25) is 0 Å². The first kappa shape index (κ1) is 16.5. The van der Waals surface area contributed by atoms with Gasteiger partial charge in [-0.2, -0.15) is 0 Å². The molecule has 6 heteroatoms. The summed E-state index contributed by atoms with van der Waals surface area (Å²) in [5.41, 5.74) is 3.61. The molecule has 0 aromatic carbocycles. The summed E-state index contributed by atoms with van der Waals surface area (Å²) in [6.07, 6.45) is 1.66. The van der Waals surface area contributed by atoms with Crippen LogP contribution in [0.5, 0.6) is 0 Å². The van der Waals surface area contributed by atoms with Crippen LogP contribution >= 0.6 is 0 Å². The molecule has 0 bridgehead atoms. The topological polar surface area (TPSA) is 62.5 Å². The second-order valence-electron chi connectivity index (χ2n) is 6.55. The van der Waals surface area contributed by atoms with Gasteiger partial charge in [0.25, 0.3) is 5.91 Å². The number of aromatic nitrogens is 2.